The molecule has 4 nitrogen and oxygen atoms in total. The number of nitrogens with zero attached hydrogens (tertiary/aromatic N) is 1. The Morgan fingerprint density at radius 1 is 1.47 bits per heavy atom. The van der Waals surface area contributed by atoms with Gasteiger partial charge in [-0.05, 0) is 31.0 Å². The summed E-state index contributed by atoms with van der Waals surface area (Å²) in [6.45, 7) is 2.35. The number of benzene rings is 1. The molecule has 0 aliphatic carbocycles. The molecular formula is C13H16Cl2N2O2. The molecule has 0 aliphatic rings. The third-order valence-corrected chi connectivity index (χ3v) is 2.69. The fourth-order valence-corrected chi connectivity index (χ4v) is 1.73. The number of carbonyl (C=O) groups is 1. The Labute approximate surface area is 122 Å². The highest BCUT2D eigenvalue weighted by molar-refractivity contribution is 6.35. The second kappa shape index (κ2) is 8.77. The molecule has 0 saturated carbocycles. The van der Waals surface area contributed by atoms with E-state index in [-0.39, 0.29) is 5.91 Å². The van der Waals surface area contributed by atoms with Crippen molar-refractivity contribution in [1.82, 2.24) is 5.43 Å². The van der Waals surface area contributed by atoms with E-state index < -0.39 is 0 Å². The van der Waals surface area contributed by atoms with Gasteiger partial charge in [0.15, 0.2) is 0 Å². The van der Waals surface area contributed by atoms with Crippen LogP contribution in [0.3, 0.4) is 0 Å². The zero-order valence-electron chi connectivity index (χ0n) is 10.7. The Morgan fingerprint density at radius 2 is 2.26 bits per heavy atom. The average molecular weight is 303 g/mol. The van der Waals surface area contributed by atoms with Crippen LogP contribution in [0.15, 0.2) is 23.3 Å². The van der Waals surface area contributed by atoms with E-state index in [4.69, 9.17) is 27.9 Å². The molecule has 0 unspecified atom stereocenters. The largest absolute Gasteiger partial charge is 0.492 e. The molecule has 0 spiro atoms. The number of hydrogen-bond donors (Lipinski definition) is 1. The van der Waals surface area contributed by atoms with Gasteiger partial charge in [-0.1, -0.05) is 30.1 Å². The van der Waals surface area contributed by atoms with Crippen LogP contribution >= 0.6 is 23.2 Å². The van der Waals surface area contributed by atoms with E-state index in [9.17, 15) is 4.79 Å². The molecule has 0 radical (unpaired) electrons. The van der Waals surface area contributed by atoms with Gasteiger partial charge in [0.25, 0.3) is 0 Å². The molecule has 0 heterocycles. The Balaban J connectivity index is 2.23. The molecule has 6 heteroatoms. The van der Waals surface area contributed by atoms with Gasteiger partial charge in [-0.15, -0.1) is 0 Å². The van der Waals surface area contributed by atoms with Crippen molar-refractivity contribution in [2.75, 3.05) is 6.61 Å². The minimum atomic E-state index is -0.129. The van der Waals surface area contributed by atoms with Gasteiger partial charge in [0.1, 0.15) is 5.75 Å². The fourth-order valence-electron chi connectivity index (χ4n) is 1.27. The van der Waals surface area contributed by atoms with Crippen molar-refractivity contribution in [1.29, 1.82) is 0 Å². The van der Waals surface area contributed by atoms with Gasteiger partial charge >= 0.3 is 0 Å². The van der Waals surface area contributed by atoms with Crippen molar-refractivity contribution >= 4 is 35.3 Å². The number of amides is 1. The number of rotatable bonds is 7. The predicted molar refractivity (Wildman–Crippen MR) is 78.1 cm³/mol. The van der Waals surface area contributed by atoms with E-state index in [1.54, 1.807) is 24.4 Å². The van der Waals surface area contributed by atoms with Crippen molar-refractivity contribution in [3.63, 3.8) is 0 Å². The lowest BCUT2D eigenvalue weighted by atomic mass is 10.3. The molecule has 0 bridgehead atoms. The lowest BCUT2D eigenvalue weighted by Gasteiger charge is -2.07. The maximum absolute atomic E-state index is 11.3. The molecule has 1 rings (SSSR count). The molecule has 1 aromatic rings. The topological polar surface area (TPSA) is 50.7 Å². The third kappa shape index (κ3) is 6.45. The molecule has 1 N–H and O–H groups in total. The summed E-state index contributed by atoms with van der Waals surface area (Å²) in [5.41, 5.74) is 2.43. The molecule has 0 aliphatic heterocycles. The average Bonchev–Trinajstić information content (AvgIpc) is 2.37. The number of ether oxygens (including phenoxy) is 1. The molecule has 1 amide bonds. The second-order valence-corrected chi connectivity index (χ2v) is 4.63. The summed E-state index contributed by atoms with van der Waals surface area (Å²) < 4.78 is 5.46. The zero-order chi connectivity index (χ0) is 14.1. The number of halogens is 2. The van der Waals surface area contributed by atoms with E-state index in [1.807, 2.05) is 6.92 Å². The van der Waals surface area contributed by atoms with Crippen molar-refractivity contribution in [3.8, 4) is 5.75 Å². The van der Waals surface area contributed by atoms with Crippen LogP contribution in [0.5, 0.6) is 5.75 Å². The molecule has 19 heavy (non-hydrogen) atoms. The van der Waals surface area contributed by atoms with Crippen molar-refractivity contribution < 1.29 is 9.53 Å². The molecule has 0 saturated heterocycles. The quantitative estimate of drug-likeness (QED) is 0.475. The van der Waals surface area contributed by atoms with Gasteiger partial charge in [0.2, 0.25) is 5.91 Å². The van der Waals surface area contributed by atoms with Gasteiger partial charge in [-0.2, -0.15) is 5.10 Å². The third-order valence-electron chi connectivity index (χ3n) is 2.16. The summed E-state index contributed by atoms with van der Waals surface area (Å²) in [5.74, 6) is 0.436. The van der Waals surface area contributed by atoms with E-state index in [2.05, 4.69) is 10.5 Å². The summed E-state index contributed by atoms with van der Waals surface area (Å²) >= 11 is 11.7. The first-order valence-electron chi connectivity index (χ1n) is 6.01. The first-order valence-corrected chi connectivity index (χ1v) is 6.77. The number of carbonyl (C=O) groups excluding carboxylic acids is 1. The van der Waals surface area contributed by atoms with Crippen molar-refractivity contribution in [2.45, 2.75) is 26.2 Å². The SMILES string of the molecule is CC/C=N/NC(=O)CCCOc1ccc(Cl)cc1Cl. The van der Waals surface area contributed by atoms with Crippen molar-refractivity contribution in [3.05, 3.63) is 28.2 Å². The highest BCUT2D eigenvalue weighted by Gasteiger charge is 2.03. The summed E-state index contributed by atoms with van der Waals surface area (Å²) in [6, 6.07) is 5.02. The molecule has 0 fully saturated rings. The van der Waals surface area contributed by atoms with Crippen LogP contribution < -0.4 is 10.2 Å². The Hall–Kier alpha value is -1.26. The summed E-state index contributed by atoms with van der Waals surface area (Å²) in [6.07, 6.45) is 3.37. The normalized spacial score (nSPS) is 10.7. The lowest BCUT2D eigenvalue weighted by Crippen LogP contribution is -2.17. The van der Waals surface area contributed by atoms with Crippen LogP contribution in [0.4, 0.5) is 0 Å². The van der Waals surface area contributed by atoms with E-state index in [0.717, 1.165) is 6.42 Å². The van der Waals surface area contributed by atoms with Crippen LogP contribution in [-0.4, -0.2) is 18.7 Å². The van der Waals surface area contributed by atoms with Crippen LogP contribution in [0.1, 0.15) is 26.2 Å². The molecule has 0 aromatic heterocycles. The first kappa shape index (κ1) is 15.8. The van der Waals surface area contributed by atoms with E-state index in [1.165, 1.54) is 0 Å². The smallest absolute Gasteiger partial charge is 0.240 e. The van der Waals surface area contributed by atoms with Crippen LogP contribution in [-0.2, 0) is 4.79 Å². The van der Waals surface area contributed by atoms with E-state index >= 15 is 0 Å². The molecule has 1 aromatic carbocycles. The molecule has 0 atom stereocenters. The van der Waals surface area contributed by atoms with Gasteiger partial charge in [-0.3, -0.25) is 4.79 Å². The van der Waals surface area contributed by atoms with E-state index in [0.29, 0.717) is 35.2 Å². The number of hydrazone groups is 1. The van der Waals surface area contributed by atoms with Gasteiger partial charge in [0, 0.05) is 17.7 Å². The number of nitrogens with one attached hydrogen (secondary N) is 1. The van der Waals surface area contributed by atoms with Gasteiger partial charge in [0.05, 0.1) is 11.6 Å². The Morgan fingerprint density at radius 3 is 2.95 bits per heavy atom. The second-order valence-electron chi connectivity index (χ2n) is 3.78. The van der Waals surface area contributed by atoms with Crippen LogP contribution in [0.2, 0.25) is 10.0 Å². The highest BCUT2D eigenvalue weighted by Crippen LogP contribution is 2.27. The lowest BCUT2D eigenvalue weighted by molar-refractivity contribution is -0.121. The van der Waals surface area contributed by atoms with Crippen molar-refractivity contribution in [2.24, 2.45) is 5.10 Å². The maximum Gasteiger partial charge on any atom is 0.240 e. The summed E-state index contributed by atoms with van der Waals surface area (Å²) in [7, 11) is 0. The number of hydrogen-bond acceptors (Lipinski definition) is 3. The Bertz CT molecular complexity index is 450. The predicted octanol–water partition coefficient (Wildman–Crippen LogP) is 3.66. The van der Waals surface area contributed by atoms with Gasteiger partial charge < -0.3 is 4.74 Å². The standard InChI is InChI=1S/C13H16Cl2N2O2/c1-2-7-16-17-13(18)4-3-8-19-12-6-5-10(14)9-11(12)15/h5-7,9H,2-4,8H2,1H3,(H,17,18)/b16-7+. The Kier molecular flexibility index (Phi) is 7.30. The summed E-state index contributed by atoms with van der Waals surface area (Å²) in [5, 5.41) is 4.77. The maximum atomic E-state index is 11.3. The summed E-state index contributed by atoms with van der Waals surface area (Å²) in [4.78, 5) is 11.3. The monoisotopic (exact) mass is 302 g/mol. The van der Waals surface area contributed by atoms with Crippen LogP contribution in [0.25, 0.3) is 0 Å². The fraction of sp³-hybridized carbons (Fsp3) is 0.385. The molecular weight excluding hydrogens is 287 g/mol. The van der Waals surface area contributed by atoms with Crippen LogP contribution in [0, 0.1) is 0 Å². The minimum absolute atomic E-state index is 0.129. The zero-order valence-corrected chi connectivity index (χ0v) is 12.2. The highest BCUT2D eigenvalue weighted by atomic mass is 35.5. The van der Waals surface area contributed by atoms with Gasteiger partial charge in [-0.25, -0.2) is 5.43 Å². The minimum Gasteiger partial charge on any atom is -0.492 e. The molecule has 104 valence electrons. The first-order chi connectivity index (χ1) is 9.13.